The van der Waals surface area contributed by atoms with Gasteiger partial charge < -0.3 is 10.4 Å². The van der Waals surface area contributed by atoms with Gasteiger partial charge in [-0.2, -0.15) is 0 Å². The van der Waals surface area contributed by atoms with Crippen molar-refractivity contribution in [3.8, 4) is 0 Å². The number of rotatable bonds is 4. The summed E-state index contributed by atoms with van der Waals surface area (Å²) in [7, 11) is 0. The monoisotopic (exact) mass is 284 g/mol. The first-order valence-corrected chi connectivity index (χ1v) is 7.36. The van der Waals surface area contributed by atoms with Gasteiger partial charge in [0.15, 0.2) is 0 Å². The molecule has 116 valence electrons. The molecule has 0 aromatic rings. The quantitative estimate of drug-likeness (QED) is 0.827. The van der Waals surface area contributed by atoms with E-state index in [0.717, 1.165) is 12.8 Å². The van der Waals surface area contributed by atoms with E-state index in [1.165, 1.54) is 0 Å². The number of nitrogens with one attached hydrogen (secondary N) is 1. The first-order chi connectivity index (χ1) is 9.05. The fraction of sp³-hybridized carbons (Fsp3) is 0.867. The maximum Gasteiger partial charge on any atom is 0.326 e. The van der Waals surface area contributed by atoms with Gasteiger partial charge in [-0.15, -0.1) is 0 Å². The lowest BCUT2D eigenvalue weighted by atomic mass is 9.86. The molecule has 4 atom stereocenters. The largest absolute Gasteiger partial charge is 0.480 e. The number of aliphatic carboxylic acids is 1. The third kappa shape index (κ3) is 3.72. The van der Waals surface area contributed by atoms with Crippen molar-refractivity contribution in [2.75, 3.05) is 0 Å². The number of carboxylic acids is 1. The Morgan fingerprint density at radius 1 is 1.20 bits per heavy atom. The van der Waals surface area contributed by atoms with Crippen molar-refractivity contribution in [2.24, 2.45) is 5.41 Å². The van der Waals surface area contributed by atoms with Crippen molar-refractivity contribution in [1.29, 1.82) is 0 Å². The number of hydrogen-bond donors (Lipinski definition) is 2. The predicted octanol–water partition coefficient (Wildman–Crippen LogP) is 1.86. The summed E-state index contributed by atoms with van der Waals surface area (Å²) in [6.45, 7) is 11.5. The Morgan fingerprint density at radius 3 is 2.00 bits per heavy atom. The number of hydrogen-bond acceptors (Lipinski definition) is 3. The topological polar surface area (TPSA) is 69.6 Å². The SMILES string of the molecule is CC1CCC(C)N1C(C)C(=O)N[C@@H](C(=O)O)C(C)(C)C. The molecular formula is C15H28N2O3. The summed E-state index contributed by atoms with van der Waals surface area (Å²) < 4.78 is 0. The summed E-state index contributed by atoms with van der Waals surface area (Å²) >= 11 is 0. The van der Waals surface area contributed by atoms with Gasteiger partial charge in [0, 0.05) is 12.1 Å². The van der Waals surface area contributed by atoms with Crippen LogP contribution in [0.3, 0.4) is 0 Å². The summed E-state index contributed by atoms with van der Waals surface area (Å²) in [6, 6.07) is -0.440. The minimum atomic E-state index is -0.986. The minimum absolute atomic E-state index is 0.201. The van der Waals surface area contributed by atoms with E-state index in [1.54, 1.807) is 0 Å². The van der Waals surface area contributed by atoms with Crippen molar-refractivity contribution in [2.45, 2.75) is 78.6 Å². The molecule has 0 radical (unpaired) electrons. The highest BCUT2D eigenvalue weighted by atomic mass is 16.4. The molecule has 0 aromatic carbocycles. The molecule has 1 heterocycles. The van der Waals surface area contributed by atoms with Crippen LogP contribution in [-0.2, 0) is 9.59 Å². The molecule has 0 aromatic heterocycles. The molecule has 0 spiro atoms. The van der Waals surface area contributed by atoms with E-state index in [9.17, 15) is 14.7 Å². The number of amides is 1. The fourth-order valence-electron chi connectivity index (χ4n) is 3.03. The Hall–Kier alpha value is -1.10. The third-order valence-corrected chi connectivity index (χ3v) is 4.25. The smallest absolute Gasteiger partial charge is 0.326 e. The highest BCUT2D eigenvalue weighted by Gasteiger charge is 2.38. The Bertz CT molecular complexity index is 366. The van der Waals surface area contributed by atoms with Gasteiger partial charge in [-0.05, 0) is 39.0 Å². The van der Waals surface area contributed by atoms with Crippen LogP contribution in [0.4, 0.5) is 0 Å². The van der Waals surface area contributed by atoms with Gasteiger partial charge in [0.05, 0.1) is 6.04 Å². The van der Waals surface area contributed by atoms with Gasteiger partial charge in [0.1, 0.15) is 6.04 Å². The fourth-order valence-corrected chi connectivity index (χ4v) is 3.03. The van der Waals surface area contributed by atoms with Gasteiger partial charge in [-0.1, -0.05) is 20.8 Å². The van der Waals surface area contributed by atoms with Gasteiger partial charge in [-0.3, -0.25) is 9.69 Å². The number of carbonyl (C=O) groups excluding carboxylic acids is 1. The second-order valence-electron chi connectivity index (χ2n) is 7.04. The molecule has 3 unspecified atom stereocenters. The number of likely N-dealkylation sites (tertiary alicyclic amines) is 1. The molecule has 1 aliphatic rings. The summed E-state index contributed by atoms with van der Waals surface area (Å²) in [5, 5.41) is 12.0. The molecule has 1 aliphatic heterocycles. The standard InChI is InChI=1S/C15H28N2O3/c1-9-7-8-10(2)17(9)11(3)13(18)16-12(14(19)20)15(4,5)6/h9-12H,7-8H2,1-6H3,(H,16,18)(H,19,20)/t9?,10?,11?,12-/m0/s1. The van der Waals surface area contributed by atoms with Crippen LogP contribution in [0.25, 0.3) is 0 Å². The van der Waals surface area contributed by atoms with E-state index in [2.05, 4.69) is 24.1 Å². The Morgan fingerprint density at radius 2 is 1.65 bits per heavy atom. The van der Waals surface area contributed by atoms with Crippen LogP contribution in [0.15, 0.2) is 0 Å². The number of carboxylic acid groups (broad SMARTS) is 1. The summed E-state index contributed by atoms with van der Waals surface area (Å²) in [5.41, 5.74) is -0.510. The highest BCUT2D eigenvalue weighted by Crippen LogP contribution is 2.26. The van der Waals surface area contributed by atoms with Crippen LogP contribution in [0, 0.1) is 5.41 Å². The average Bonchev–Trinajstić information content (AvgIpc) is 2.62. The molecule has 0 saturated carbocycles. The van der Waals surface area contributed by atoms with Crippen LogP contribution in [0.1, 0.15) is 54.4 Å². The van der Waals surface area contributed by atoms with Crippen molar-refractivity contribution in [1.82, 2.24) is 10.2 Å². The van der Waals surface area contributed by atoms with Crippen molar-refractivity contribution in [3.63, 3.8) is 0 Å². The molecule has 0 aliphatic carbocycles. The molecule has 5 heteroatoms. The average molecular weight is 284 g/mol. The summed E-state index contributed by atoms with van der Waals surface area (Å²) in [6.07, 6.45) is 2.17. The van der Waals surface area contributed by atoms with Crippen LogP contribution >= 0.6 is 0 Å². The van der Waals surface area contributed by atoms with Crippen LogP contribution in [0.2, 0.25) is 0 Å². The van der Waals surface area contributed by atoms with Crippen molar-refractivity contribution in [3.05, 3.63) is 0 Å². The van der Waals surface area contributed by atoms with Gasteiger partial charge in [-0.25, -0.2) is 4.79 Å². The Balaban J connectivity index is 2.77. The van der Waals surface area contributed by atoms with E-state index in [0.29, 0.717) is 12.1 Å². The number of carbonyl (C=O) groups is 2. The Labute approximate surface area is 121 Å². The third-order valence-electron chi connectivity index (χ3n) is 4.25. The molecular weight excluding hydrogens is 256 g/mol. The maximum atomic E-state index is 12.4. The van der Waals surface area contributed by atoms with E-state index in [4.69, 9.17) is 0 Å². The van der Waals surface area contributed by atoms with Crippen molar-refractivity contribution < 1.29 is 14.7 Å². The van der Waals surface area contributed by atoms with E-state index < -0.39 is 17.4 Å². The lowest BCUT2D eigenvalue weighted by Crippen LogP contribution is -2.56. The minimum Gasteiger partial charge on any atom is -0.480 e. The lowest BCUT2D eigenvalue weighted by molar-refractivity contribution is -0.146. The van der Waals surface area contributed by atoms with E-state index in [-0.39, 0.29) is 11.9 Å². The molecule has 1 fully saturated rings. The highest BCUT2D eigenvalue weighted by molar-refractivity contribution is 5.87. The molecule has 5 nitrogen and oxygen atoms in total. The molecule has 1 rings (SSSR count). The first kappa shape index (κ1) is 17.0. The van der Waals surface area contributed by atoms with Gasteiger partial charge in [0.25, 0.3) is 0 Å². The molecule has 20 heavy (non-hydrogen) atoms. The van der Waals surface area contributed by atoms with Crippen LogP contribution in [0.5, 0.6) is 0 Å². The predicted molar refractivity (Wildman–Crippen MR) is 78.5 cm³/mol. The lowest BCUT2D eigenvalue weighted by Gasteiger charge is -2.34. The van der Waals surface area contributed by atoms with Crippen LogP contribution in [-0.4, -0.2) is 46.1 Å². The van der Waals surface area contributed by atoms with Crippen LogP contribution < -0.4 is 5.32 Å². The summed E-state index contributed by atoms with van der Waals surface area (Å²) in [5.74, 6) is -1.19. The normalized spacial score (nSPS) is 27.1. The van der Waals surface area contributed by atoms with Crippen molar-refractivity contribution >= 4 is 11.9 Å². The molecule has 0 bridgehead atoms. The zero-order valence-corrected chi connectivity index (χ0v) is 13.4. The van der Waals surface area contributed by atoms with E-state index in [1.807, 2.05) is 27.7 Å². The molecule has 2 N–H and O–H groups in total. The maximum absolute atomic E-state index is 12.4. The molecule has 1 saturated heterocycles. The van der Waals surface area contributed by atoms with Gasteiger partial charge in [0.2, 0.25) is 5.91 Å². The van der Waals surface area contributed by atoms with E-state index >= 15 is 0 Å². The second-order valence-corrected chi connectivity index (χ2v) is 7.04. The Kier molecular flexibility index (Phi) is 5.19. The zero-order valence-electron chi connectivity index (χ0n) is 13.4. The molecule has 1 amide bonds. The first-order valence-electron chi connectivity index (χ1n) is 7.36. The number of nitrogens with zero attached hydrogens (tertiary/aromatic N) is 1. The second kappa shape index (κ2) is 6.12. The summed E-state index contributed by atoms with van der Waals surface area (Å²) in [4.78, 5) is 25.9. The van der Waals surface area contributed by atoms with Gasteiger partial charge >= 0.3 is 5.97 Å². The zero-order chi connectivity index (χ0) is 15.7.